The van der Waals surface area contributed by atoms with Gasteiger partial charge in [-0.1, -0.05) is 0 Å². The Morgan fingerprint density at radius 2 is 2.05 bits per heavy atom. The van der Waals surface area contributed by atoms with Crippen LogP contribution in [0.3, 0.4) is 0 Å². The van der Waals surface area contributed by atoms with Gasteiger partial charge in [0.1, 0.15) is 0 Å². The van der Waals surface area contributed by atoms with Gasteiger partial charge in [0, 0.05) is 26.2 Å². The molecule has 1 aliphatic heterocycles. The van der Waals surface area contributed by atoms with Crippen molar-refractivity contribution in [2.45, 2.75) is 26.3 Å². The van der Waals surface area contributed by atoms with E-state index in [0.29, 0.717) is 6.54 Å². The number of hydrogen-bond donors (Lipinski definition) is 2. The molecule has 19 heavy (non-hydrogen) atoms. The van der Waals surface area contributed by atoms with Crippen LogP contribution in [0.15, 0.2) is 0 Å². The Labute approximate surface area is 115 Å². The molecule has 2 N–H and O–H groups in total. The SMILES string of the molecule is CC(C)NC(=O)CN(C)C(=O)CN1CCCNCC1. The Kier molecular flexibility index (Phi) is 6.80. The fourth-order valence-corrected chi connectivity index (χ4v) is 2.04. The number of likely N-dealkylation sites (N-methyl/N-ethyl adjacent to an activating group) is 1. The van der Waals surface area contributed by atoms with Crippen LogP contribution in [0.5, 0.6) is 0 Å². The van der Waals surface area contributed by atoms with E-state index < -0.39 is 0 Å². The molecule has 1 aliphatic rings. The minimum absolute atomic E-state index is 0.000746. The predicted octanol–water partition coefficient (Wildman–Crippen LogP) is -0.735. The fourth-order valence-electron chi connectivity index (χ4n) is 2.04. The van der Waals surface area contributed by atoms with E-state index in [-0.39, 0.29) is 24.4 Å². The van der Waals surface area contributed by atoms with Crippen LogP contribution in [-0.4, -0.2) is 74.0 Å². The number of nitrogens with zero attached hydrogens (tertiary/aromatic N) is 2. The number of carbonyl (C=O) groups excluding carboxylic acids is 2. The zero-order chi connectivity index (χ0) is 14.3. The van der Waals surface area contributed by atoms with Gasteiger partial charge in [0.2, 0.25) is 11.8 Å². The molecule has 0 bridgehead atoms. The zero-order valence-corrected chi connectivity index (χ0v) is 12.2. The Bertz CT molecular complexity index is 299. The molecule has 1 saturated heterocycles. The van der Waals surface area contributed by atoms with Crippen molar-refractivity contribution in [3.8, 4) is 0 Å². The molecule has 0 aliphatic carbocycles. The largest absolute Gasteiger partial charge is 0.352 e. The van der Waals surface area contributed by atoms with Crippen molar-refractivity contribution in [1.82, 2.24) is 20.4 Å². The highest BCUT2D eigenvalue weighted by Crippen LogP contribution is 1.97. The van der Waals surface area contributed by atoms with Crippen LogP contribution in [-0.2, 0) is 9.59 Å². The van der Waals surface area contributed by atoms with Crippen molar-refractivity contribution in [2.75, 3.05) is 46.3 Å². The van der Waals surface area contributed by atoms with E-state index in [1.54, 1.807) is 7.05 Å². The summed E-state index contributed by atoms with van der Waals surface area (Å²) in [6.07, 6.45) is 1.06. The normalized spacial score (nSPS) is 17.1. The molecule has 110 valence electrons. The monoisotopic (exact) mass is 270 g/mol. The van der Waals surface area contributed by atoms with Crippen LogP contribution in [0.4, 0.5) is 0 Å². The molecule has 0 spiro atoms. The third kappa shape index (κ3) is 6.54. The lowest BCUT2D eigenvalue weighted by Gasteiger charge is -2.23. The van der Waals surface area contributed by atoms with E-state index >= 15 is 0 Å². The summed E-state index contributed by atoms with van der Waals surface area (Å²) in [4.78, 5) is 27.2. The molecule has 0 atom stereocenters. The number of carbonyl (C=O) groups is 2. The molecule has 0 aromatic heterocycles. The highest BCUT2D eigenvalue weighted by atomic mass is 16.2. The average molecular weight is 270 g/mol. The van der Waals surface area contributed by atoms with E-state index in [1.165, 1.54) is 4.90 Å². The van der Waals surface area contributed by atoms with Crippen LogP contribution in [0.2, 0.25) is 0 Å². The topological polar surface area (TPSA) is 64.7 Å². The van der Waals surface area contributed by atoms with Gasteiger partial charge in [0.05, 0.1) is 13.1 Å². The minimum atomic E-state index is -0.108. The smallest absolute Gasteiger partial charge is 0.239 e. The Morgan fingerprint density at radius 1 is 1.32 bits per heavy atom. The Hall–Kier alpha value is -1.14. The lowest BCUT2D eigenvalue weighted by Crippen LogP contribution is -2.45. The summed E-state index contributed by atoms with van der Waals surface area (Å²) in [5.41, 5.74) is 0. The quantitative estimate of drug-likeness (QED) is 0.691. The van der Waals surface area contributed by atoms with Crippen LogP contribution in [0.1, 0.15) is 20.3 Å². The second-order valence-electron chi connectivity index (χ2n) is 5.35. The summed E-state index contributed by atoms with van der Waals surface area (Å²) >= 11 is 0. The zero-order valence-electron chi connectivity index (χ0n) is 12.2. The minimum Gasteiger partial charge on any atom is -0.352 e. The van der Waals surface area contributed by atoms with Crippen molar-refractivity contribution in [3.63, 3.8) is 0 Å². The van der Waals surface area contributed by atoms with Gasteiger partial charge in [-0.25, -0.2) is 0 Å². The van der Waals surface area contributed by atoms with E-state index in [2.05, 4.69) is 15.5 Å². The molecule has 0 unspecified atom stereocenters. The average Bonchev–Trinajstić information content (AvgIpc) is 2.56. The summed E-state index contributed by atoms with van der Waals surface area (Å²) in [5.74, 6) is -0.107. The Balaban J connectivity index is 2.32. The number of rotatable bonds is 5. The summed E-state index contributed by atoms with van der Waals surface area (Å²) in [6, 6.07) is 0.104. The number of amides is 2. The van der Waals surface area contributed by atoms with Gasteiger partial charge in [0.15, 0.2) is 0 Å². The predicted molar refractivity (Wildman–Crippen MR) is 74.8 cm³/mol. The van der Waals surface area contributed by atoms with Crippen molar-refractivity contribution in [1.29, 1.82) is 0 Å². The molecular formula is C13H26N4O2. The Morgan fingerprint density at radius 3 is 2.74 bits per heavy atom. The highest BCUT2D eigenvalue weighted by molar-refractivity contribution is 5.85. The van der Waals surface area contributed by atoms with Gasteiger partial charge in [-0.05, 0) is 33.4 Å². The van der Waals surface area contributed by atoms with Crippen molar-refractivity contribution in [3.05, 3.63) is 0 Å². The first-order valence-corrected chi connectivity index (χ1v) is 6.95. The number of nitrogens with one attached hydrogen (secondary N) is 2. The molecule has 2 amide bonds. The summed E-state index contributed by atoms with van der Waals surface area (Å²) < 4.78 is 0. The first-order chi connectivity index (χ1) is 8.99. The lowest BCUT2D eigenvalue weighted by atomic mass is 10.3. The molecule has 0 saturated carbocycles. The van der Waals surface area contributed by atoms with Gasteiger partial charge >= 0.3 is 0 Å². The van der Waals surface area contributed by atoms with Crippen LogP contribution >= 0.6 is 0 Å². The number of hydrogen-bond acceptors (Lipinski definition) is 4. The second kappa shape index (κ2) is 8.12. The third-order valence-electron chi connectivity index (χ3n) is 3.05. The third-order valence-corrected chi connectivity index (χ3v) is 3.05. The molecule has 6 nitrogen and oxygen atoms in total. The molecule has 1 fully saturated rings. The molecule has 6 heteroatoms. The summed E-state index contributed by atoms with van der Waals surface area (Å²) in [6.45, 7) is 8.09. The molecular weight excluding hydrogens is 244 g/mol. The first-order valence-electron chi connectivity index (χ1n) is 6.95. The first kappa shape index (κ1) is 15.9. The highest BCUT2D eigenvalue weighted by Gasteiger charge is 2.17. The maximum Gasteiger partial charge on any atom is 0.239 e. The lowest BCUT2D eigenvalue weighted by molar-refractivity contribution is -0.135. The van der Waals surface area contributed by atoms with Gasteiger partial charge < -0.3 is 15.5 Å². The van der Waals surface area contributed by atoms with Crippen LogP contribution in [0.25, 0.3) is 0 Å². The maximum absolute atomic E-state index is 12.0. The molecule has 0 aromatic carbocycles. The van der Waals surface area contributed by atoms with Gasteiger partial charge in [-0.2, -0.15) is 0 Å². The van der Waals surface area contributed by atoms with Crippen LogP contribution < -0.4 is 10.6 Å². The molecule has 1 rings (SSSR count). The van der Waals surface area contributed by atoms with E-state index in [1.807, 2.05) is 13.8 Å². The molecule has 0 radical (unpaired) electrons. The van der Waals surface area contributed by atoms with Gasteiger partial charge in [-0.15, -0.1) is 0 Å². The summed E-state index contributed by atoms with van der Waals surface area (Å²) in [7, 11) is 1.68. The molecule has 0 aromatic rings. The maximum atomic E-state index is 12.0. The van der Waals surface area contributed by atoms with E-state index in [9.17, 15) is 9.59 Å². The second-order valence-corrected chi connectivity index (χ2v) is 5.35. The van der Waals surface area contributed by atoms with E-state index in [4.69, 9.17) is 0 Å². The van der Waals surface area contributed by atoms with Crippen molar-refractivity contribution < 1.29 is 9.59 Å². The summed E-state index contributed by atoms with van der Waals surface area (Å²) in [5, 5.41) is 6.09. The van der Waals surface area contributed by atoms with Gasteiger partial charge in [0.25, 0.3) is 0 Å². The van der Waals surface area contributed by atoms with Gasteiger partial charge in [-0.3, -0.25) is 14.5 Å². The van der Waals surface area contributed by atoms with E-state index in [0.717, 1.165) is 32.6 Å². The fraction of sp³-hybridized carbons (Fsp3) is 0.846. The molecule has 1 heterocycles. The van der Waals surface area contributed by atoms with Crippen molar-refractivity contribution in [2.24, 2.45) is 0 Å². The van der Waals surface area contributed by atoms with Crippen molar-refractivity contribution >= 4 is 11.8 Å². The van der Waals surface area contributed by atoms with Crippen LogP contribution in [0, 0.1) is 0 Å². The standard InChI is InChI=1S/C13H26N4O2/c1-11(2)15-12(18)9-16(3)13(19)10-17-7-4-5-14-6-8-17/h11,14H,4-10H2,1-3H3,(H,15,18).